The fourth-order valence-electron chi connectivity index (χ4n) is 4.01. The number of carbonyl (C=O) groups excluding carboxylic acids is 1. The highest BCUT2D eigenvalue weighted by Gasteiger charge is 2.44. The van der Waals surface area contributed by atoms with Crippen LogP contribution in [0.4, 0.5) is 18.9 Å². The number of halogens is 3. The average Bonchev–Trinajstić information content (AvgIpc) is 3.24. The van der Waals surface area contributed by atoms with Gasteiger partial charge in [-0.15, -0.1) is 6.58 Å². The molecule has 0 bridgehead atoms. The Morgan fingerprint density at radius 2 is 1.75 bits per heavy atom. The zero-order chi connectivity index (χ0) is 23.4. The summed E-state index contributed by atoms with van der Waals surface area (Å²) in [6.07, 6.45) is -0.615. The number of rotatable bonds is 8. The largest absolute Gasteiger partial charge is 0.416 e. The average molecular weight is 467 g/mol. The van der Waals surface area contributed by atoms with Crippen LogP contribution in [0.3, 0.4) is 0 Å². The molecule has 1 saturated carbocycles. The molecule has 0 atom stereocenters. The van der Waals surface area contributed by atoms with Gasteiger partial charge in [0.05, 0.1) is 16.7 Å². The number of alkyl halides is 3. The Bertz CT molecular complexity index is 1070. The molecule has 0 unspecified atom stereocenters. The lowest BCUT2D eigenvalue weighted by molar-refractivity contribution is -0.137. The molecule has 0 heterocycles. The smallest absolute Gasteiger partial charge is 0.325 e. The third-order valence-corrected chi connectivity index (χ3v) is 6.97. The summed E-state index contributed by atoms with van der Waals surface area (Å²) in [4.78, 5) is 13.2. The van der Waals surface area contributed by atoms with E-state index in [9.17, 15) is 26.4 Å². The molecule has 0 radical (unpaired) electrons. The minimum atomic E-state index is -4.48. The molecular formula is C23H25F3N2O3S. The quantitative estimate of drug-likeness (QED) is 0.551. The third-order valence-electron chi connectivity index (χ3n) is 5.65. The molecule has 1 aliphatic rings. The molecule has 2 N–H and O–H groups in total. The van der Waals surface area contributed by atoms with E-state index < -0.39 is 27.2 Å². The zero-order valence-electron chi connectivity index (χ0n) is 17.4. The van der Waals surface area contributed by atoms with Crippen LogP contribution in [0.15, 0.2) is 61.2 Å². The number of nitrogens with one attached hydrogen (secondary N) is 2. The van der Waals surface area contributed by atoms with Crippen molar-refractivity contribution in [2.24, 2.45) is 0 Å². The number of sulfonamides is 1. The van der Waals surface area contributed by atoms with Crippen molar-refractivity contribution in [1.82, 2.24) is 4.72 Å². The van der Waals surface area contributed by atoms with E-state index in [2.05, 4.69) is 16.6 Å². The third kappa shape index (κ3) is 5.58. The van der Waals surface area contributed by atoms with Crippen molar-refractivity contribution in [3.8, 4) is 0 Å². The van der Waals surface area contributed by atoms with Gasteiger partial charge in [0.15, 0.2) is 0 Å². The van der Waals surface area contributed by atoms with Gasteiger partial charge in [-0.25, -0.2) is 13.1 Å². The number of hydrogen-bond acceptors (Lipinski definition) is 3. The van der Waals surface area contributed by atoms with Gasteiger partial charge in [-0.3, -0.25) is 4.79 Å². The second-order valence-corrected chi connectivity index (χ2v) is 9.72. The van der Waals surface area contributed by atoms with Crippen LogP contribution in [-0.4, -0.2) is 20.9 Å². The predicted octanol–water partition coefficient (Wildman–Crippen LogP) is 4.76. The molecule has 0 aliphatic heterocycles. The van der Waals surface area contributed by atoms with Gasteiger partial charge >= 0.3 is 6.18 Å². The molecule has 32 heavy (non-hydrogen) atoms. The summed E-state index contributed by atoms with van der Waals surface area (Å²) in [7, 11) is -3.51. The van der Waals surface area contributed by atoms with Crippen LogP contribution in [0.25, 0.3) is 0 Å². The Labute approximate surface area is 185 Å². The second-order valence-electron chi connectivity index (χ2n) is 7.92. The molecule has 1 amide bonds. The lowest BCUT2D eigenvalue weighted by atomic mass is 9.77. The Morgan fingerprint density at radius 3 is 2.34 bits per heavy atom. The summed E-state index contributed by atoms with van der Waals surface area (Å²) in [5.41, 5.74) is -0.456. The maximum Gasteiger partial charge on any atom is 0.416 e. The highest BCUT2D eigenvalue weighted by Crippen LogP contribution is 2.43. The van der Waals surface area contributed by atoms with Crippen molar-refractivity contribution in [3.05, 3.63) is 77.9 Å². The fourth-order valence-corrected chi connectivity index (χ4v) is 5.12. The van der Waals surface area contributed by atoms with E-state index in [0.29, 0.717) is 29.7 Å². The molecule has 1 fully saturated rings. The maximum atomic E-state index is 13.2. The Morgan fingerprint density at radius 1 is 1.09 bits per heavy atom. The minimum Gasteiger partial charge on any atom is -0.325 e. The lowest BCUT2D eigenvalue weighted by Gasteiger charge is -2.29. The van der Waals surface area contributed by atoms with Gasteiger partial charge in [0.25, 0.3) is 0 Å². The molecular weight excluding hydrogens is 441 g/mol. The Balaban J connectivity index is 1.78. The van der Waals surface area contributed by atoms with Gasteiger partial charge in [0, 0.05) is 12.2 Å². The van der Waals surface area contributed by atoms with Crippen molar-refractivity contribution in [1.29, 1.82) is 0 Å². The summed E-state index contributed by atoms with van der Waals surface area (Å²) in [6, 6.07) is 11.3. The second kappa shape index (κ2) is 9.46. The summed E-state index contributed by atoms with van der Waals surface area (Å²) >= 11 is 0. The van der Waals surface area contributed by atoms with Gasteiger partial charge in [0.1, 0.15) is 0 Å². The molecule has 2 aromatic rings. The van der Waals surface area contributed by atoms with E-state index in [4.69, 9.17) is 0 Å². The Hall–Kier alpha value is -2.65. The molecule has 2 aromatic carbocycles. The summed E-state index contributed by atoms with van der Waals surface area (Å²) < 4.78 is 65.9. The summed E-state index contributed by atoms with van der Waals surface area (Å²) in [6.45, 7) is 3.60. The van der Waals surface area contributed by atoms with Crippen LogP contribution in [-0.2, 0) is 32.2 Å². The molecule has 0 saturated heterocycles. The SMILES string of the molecule is C=CCNS(=O)(=O)Cc1ccc(NC(=O)C2(c3cccc(C(F)(F)F)c3)CCCC2)cc1. The van der Waals surface area contributed by atoms with Crippen molar-refractivity contribution in [2.45, 2.75) is 43.0 Å². The molecule has 1 aliphatic carbocycles. The van der Waals surface area contributed by atoms with E-state index in [0.717, 1.165) is 25.0 Å². The van der Waals surface area contributed by atoms with Crippen LogP contribution < -0.4 is 10.0 Å². The molecule has 0 spiro atoms. The number of benzene rings is 2. The van der Waals surface area contributed by atoms with Crippen LogP contribution in [0, 0.1) is 0 Å². The van der Waals surface area contributed by atoms with Gasteiger partial charge in [-0.05, 0) is 42.2 Å². The van der Waals surface area contributed by atoms with Gasteiger partial charge in [-0.1, -0.05) is 49.2 Å². The van der Waals surface area contributed by atoms with Crippen molar-refractivity contribution in [2.75, 3.05) is 11.9 Å². The first-order valence-corrected chi connectivity index (χ1v) is 11.9. The minimum absolute atomic E-state index is 0.133. The number of anilines is 1. The Kier molecular flexibility index (Phi) is 7.09. The van der Waals surface area contributed by atoms with E-state index in [1.165, 1.54) is 12.1 Å². The van der Waals surface area contributed by atoms with E-state index in [-0.39, 0.29) is 18.2 Å². The van der Waals surface area contributed by atoms with E-state index >= 15 is 0 Å². The van der Waals surface area contributed by atoms with Crippen molar-refractivity contribution >= 4 is 21.6 Å². The predicted molar refractivity (Wildman–Crippen MR) is 117 cm³/mol. The van der Waals surface area contributed by atoms with Crippen LogP contribution in [0.1, 0.15) is 42.4 Å². The lowest BCUT2D eigenvalue weighted by Crippen LogP contribution is -2.38. The fraction of sp³-hybridized carbons (Fsp3) is 0.348. The summed E-state index contributed by atoms with van der Waals surface area (Å²) in [5.74, 6) is -0.578. The number of amides is 1. The normalized spacial score (nSPS) is 16.0. The molecule has 0 aromatic heterocycles. The first kappa shape index (κ1) is 24.0. The highest BCUT2D eigenvalue weighted by atomic mass is 32.2. The molecule has 5 nitrogen and oxygen atoms in total. The molecule has 9 heteroatoms. The van der Waals surface area contributed by atoms with E-state index in [1.54, 1.807) is 30.3 Å². The highest BCUT2D eigenvalue weighted by molar-refractivity contribution is 7.88. The summed E-state index contributed by atoms with van der Waals surface area (Å²) in [5, 5.41) is 2.81. The standard InChI is InChI=1S/C23H25F3N2O3S/c1-2-14-27-32(30,31)16-17-8-10-20(11-9-17)28-21(29)22(12-3-4-13-22)18-6-5-7-19(15-18)23(24,25)26/h2,5-11,15,27H,1,3-4,12-14,16H2,(H,28,29). The monoisotopic (exact) mass is 466 g/mol. The number of hydrogen-bond donors (Lipinski definition) is 2. The van der Waals surface area contributed by atoms with Gasteiger partial charge in [0.2, 0.25) is 15.9 Å². The first-order chi connectivity index (χ1) is 15.1. The van der Waals surface area contributed by atoms with Crippen molar-refractivity contribution < 1.29 is 26.4 Å². The topological polar surface area (TPSA) is 75.3 Å². The first-order valence-electron chi connectivity index (χ1n) is 10.2. The van der Waals surface area contributed by atoms with Crippen molar-refractivity contribution in [3.63, 3.8) is 0 Å². The van der Waals surface area contributed by atoms with Crippen LogP contribution in [0.2, 0.25) is 0 Å². The number of carbonyl (C=O) groups is 1. The van der Waals surface area contributed by atoms with Crippen LogP contribution in [0.5, 0.6) is 0 Å². The van der Waals surface area contributed by atoms with Gasteiger partial charge in [-0.2, -0.15) is 13.2 Å². The maximum absolute atomic E-state index is 13.2. The molecule has 3 rings (SSSR count). The zero-order valence-corrected chi connectivity index (χ0v) is 18.2. The van der Waals surface area contributed by atoms with Crippen LogP contribution >= 0.6 is 0 Å². The van der Waals surface area contributed by atoms with Gasteiger partial charge < -0.3 is 5.32 Å². The van der Waals surface area contributed by atoms with E-state index in [1.807, 2.05) is 0 Å². The molecule has 172 valence electrons.